The van der Waals surface area contributed by atoms with Gasteiger partial charge in [-0.1, -0.05) is 13.0 Å². The molecule has 0 aliphatic carbocycles. The molecule has 1 aliphatic rings. The monoisotopic (exact) mass is 206 g/mol. The highest BCUT2D eigenvalue weighted by Crippen LogP contribution is 2.29. The van der Waals surface area contributed by atoms with E-state index >= 15 is 0 Å². The highest BCUT2D eigenvalue weighted by Gasteiger charge is 2.26. The third-order valence-corrected chi connectivity index (χ3v) is 3.08. The molecule has 1 saturated heterocycles. The van der Waals surface area contributed by atoms with E-state index in [1.165, 1.54) is 6.42 Å². The standard InChI is InChI=1S/C12H18N2O/c1-2-8-14-9-4-6-11(14)10-5-3-7-13-12(10)15/h3,5,7,11H,2,4,6,8-9H2,1H3,(H,13,15)/t11-/m1/s1. The fraction of sp³-hybridized carbons (Fsp3) is 0.583. The fourth-order valence-corrected chi connectivity index (χ4v) is 2.43. The van der Waals surface area contributed by atoms with Gasteiger partial charge in [0.2, 0.25) is 0 Å². The number of aromatic amines is 1. The minimum absolute atomic E-state index is 0.0745. The van der Waals surface area contributed by atoms with Gasteiger partial charge in [-0.25, -0.2) is 0 Å². The van der Waals surface area contributed by atoms with E-state index in [0.717, 1.165) is 31.5 Å². The van der Waals surface area contributed by atoms with Crippen molar-refractivity contribution in [3.8, 4) is 0 Å². The van der Waals surface area contributed by atoms with Gasteiger partial charge < -0.3 is 4.98 Å². The van der Waals surface area contributed by atoms with Crippen LogP contribution in [0.1, 0.15) is 37.8 Å². The van der Waals surface area contributed by atoms with Gasteiger partial charge in [0.1, 0.15) is 0 Å². The van der Waals surface area contributed by atoms with Crippen LogP contribution in [0, 0.1) is 0 Å². The van der Waals surface area contributed by atoms with Gasteiger partial charge in [0, 0.05) is 17.8 Å². The third kappa shape index (κ3) is 2.12. The summed E-state index contributed by atoms with van der Waals surface area (Å²) in [5.74, 6) is 0. The summed E-state index contributed by atoms with van der Waals surface area (Å²) in [6.45, 7) is 4.41. The predicted octanol–water partition coefficient (Wildman–Crippen LogP) is 1.92. The summed E-state index contributed by atoms with van der Waals surface area (Å²) in [6.07, 6.45) is 5.18. The summed E-state index contributed by atoms with van der Waals surface area (Å²) >= 11 is 0. The molecule has 1 aromatic heterocycles. The maximum atomic E-state index is 11.7. The van der Waals surface area contributed by atoms with Crippen molar-refractivity contribution in [2.24, 2.45) is 0 Å². The average molecular weight is 206 g/mol. The first-order chi connectivity index (χ1) is 7.33. The molecule has 0 bridgehead atoms. The number of H-pyrrole nitrogens is 1. The molecule has 15 heavy (non-hydrogen) atoms. The zero-order valence-corrected chi connectivity index (χ0v) is 9.20. The lowest BCUT2D eigenvalue weighted by Gasteiger charge is -2.23. The molecule has 1 aliphatic heterocycles. The van der Waals surface area contributed by atoms with Crippen LogP contribution in [0.2, 0.25) is 0 Å². The van der Waals surface area contributed by atoms with Crippen molar-refractivity contribution in [2.75, 3.05) is 13.1 Å². The molecule has 2 rings (SSSR count). The molecule has 0 radical (unpaired) electrons. The molecular formula is C12H18N2O. The van der Waals surface area contributed by atoms with E-state index < -0.39 is 0 Å². The molecule has 0 amide bonds. The number of aromatic nitrogens is 1. The largest absolute Gasteiger partial charge is 0.329 e. The van der Waals surface area contributed by atoms with E-state index in [1.807, 2.05) is 12.1 Å². The van der Waals surface area contributed by atoms with Gasteiger partial charge in [-0.2, -0.15) is 0 Å². The lowest BCUT2D eigenvalue weighted by atomic mass is 10.1. The molecule has 3 heteroatoms. The normalized spacial score (nSPS) is 22.1. The molecule has 1 N–H and O–H groups in total. The topological polar surface area (TPSA) is 36.1 Å². The number of pyridine rings is 1. The summed E-state index contributed by atoms with van der Waals surface area (Å²) in [4.78, 5) is 16.9. The van der Waals surface area contributed by atoms with E-state index in [9.17, 15) is 4.79 Å². The number of nitrogens with zero attached hydrogens (tertiary/aromatic N) is 1. The van der Waals surface area contributed by atoms with E-state index in [2.05, 4.69) is 16.8 Å². The van der Waals surface area contributed by atoms with Crippen molar-refractivity contribution in [3.63, 3.8) is 0 Å². The second kappa shape index (κ2) is 4.62. The Labute approximate surface area is 90.1 Å². The Morgan fingerprint density at radius 3 is 3.20 bits per heavy atom. The van der Waals surface area contributed by atoms with Crippen molar-refractivity contribution < 1.29 is 0 Å². The molecule has 82 valence electrons. The molecule has 1 atom stereocenters. The van der Waals surface area contributed by atoms with Crippen LogP contribution in [0.3, 0.4) is 0 Å². The molecule has 3 nitrogen and oxygen atoms in total. The van der Waals surface area contributed by atoms with Crippen LogP contribution in [0.25, 0.3) is 0 Å². The minimum Gasteiger partial charge on any atom is -0.329 e. The Morgan fingerprint density at radius 2 is 2.47 bits per heavy atom. The third-order valence-electron chi connectivity index (χ3n) is 3.08. The zero-order valence-electron chi connectivity index (χ0n) is 9.20. The van der Waals surface area contributed by atoms with Crippen molar-refractivity contribution in [3.05, 3.63) is 34.2 Å². The van der Waals surface area contributed by atoms with E-state index in [-0.39, 0.29) is 5.56 Å². The fourth-order valence-electron chi connectivity index (χ4n) is 2.43. The Morgan fingerprint density at radius 1 is 1.60 bits per heavy atom. The Balaban J connectivity index is 2.23. The van der Waals surface area contributed by atoms with Crippen LogP contribution in [0.5, 0.6) is 0 Å². The number of likely N-dealkylation sites (tertiary alicyclic amines) is 1. The van der Waals surface area contributed by atoms with Gasteiger partial charge in [-0.15, -0.1) is 0 Å². The van der Waals surface area contributed by atoms with Crippen molar-refractivity contribution >= 4 is 0 Å². The van der Waals surface area contributed by atoms with Crippen LogP contribution in [0.15, 0.2) is 23.1 Å². The summed E-state index contributed by atoms with van der Waals surface area (Å²) in [6, 6.07) is 4.21. The summed E-state index contributed by atoms with van der Waals surface area (Å²) < 4.78 is 0. The van der Waals surface area contributed by atoms with E-state index in [1.54, 1.807) is 6.20 Å². The van der Waals surface area contributed by atoms with E-state index in [4.69, 9.17) is 0 Å². The Bertz CT molecular complexity index is 372. The minimum atomic E-state index is 0.0745. The number of hydrogen-bond donors (Lipinski definition) is 1. The lowest BCUT2D eigenvalue weighted by molar-refractivity contribution is 0.256. The SMILES string of the molecule is CCCN1CCC[C@@H]1c1ccc[nH]c1=O. The van der Waals surface area contributed by atoms with Crippen LogP contribution in [-0.2, 0) is 0 Å². The van der Waals surface area contributed by atoms with Crippen molar-refractivity contribution in [1.82, 2.24) is 9.88 Å². The van der Waals surface area contributed by atoms with Crippen LogP contribution in [-0.4, -0.2) is 23.0 Å². The smallest absolute Gasteiger partial charge is 0.252 e. The highest BCUT2D eigenvalue weighted by atomic mass is 16.1. The van der Waals surface area contributed by atoms with Crippen molar-refractivity contribution in [1.29, 1.82) is 0 Å². The summed E-state index contributed by atoms with van der Waals surface area (Å²) in [5.41, 5.74) is 1.01. The molecule has 2 heterocycles. The second-order valence-electron chi connectivity index (χ2n) is 4.15. The number of hydrogen-bond acceptors (Lipinski definition) is 2. The average Bonchev–Trinajstić information content (AvgIpc) is 2.67. The maximum Gasteiger partial charge on any atom is 0.252 e. The lowest BCUT2D eigenvalue weighted by Crippen LogP contribution is -2.28. The first-order valence-corrected chi connectivity index (χ1v) is 5.74. The quantitative estimate of drug-likeness (QED) is 0.820. The summed E-state index contributed by atoms with van der Waals surface area (Å²) in [7, 11) is 0. The van der Waals surface area contributed by atoms with Gasteiger partial charge in [-0.3, -0.25) is 9.69 Å². The van der Waals surface area contributed by atoms with Crippen LogP contribution >= 0.6 is 0 Å². The van der Waals surface area contributed by atoms with Crippen molar-refractivity contribution in [2.45, 2.75) is 32.2 Å². The molecule has 1 fully saturated rings. The Hall–Kier alpha value is -1.09. The first-order valence-electron chi connectivity index (χ1n) is 5.74. The molecular weight excluding hydrogens is 188 g/mol. The zero-order chi connectivity index (χ0) is 10.7. The van der Waals surface area contributed by atoms with Gasteiger partial charge in [0.25, 0.3) is 5.56 Å². The highest BCUT2D eigenvalue weighted by molar-refractivity contribution is 5.15. The first kappa shape index (κ1) is 10.4. The van der Waals surface area contributed by atoms with Gasteiger partial charge >= 0.3 is 0 Å². The maximum absolute atomic E-state index is 11.7. The van der Waals surface area contributed by atoms with Gasteiger partial charge in [0.05, 0.1) is 0 Å². The Kier molecular flexibility index (Phi) is 3.21. The molecule has 0 spiro atoms. The predicted molar refractivity (Wildman–Crippen MR) is 60.9 cm³/mol. The van der Waals surface area contributed by atoms with Gasteiger partial charge in [-0.05, 0) is 38.4 Å². The molecule has 0 aromatic carbocycles. The molecule has 1 aromatic rings. The van der Waals surface area contributed by atoms with E-state index in [0.29, 0.717) is 6.04 Å². The number of nitrogens with one attached hydrogen (secondary N) is 1. The molecule has 0 saturated carbocycles. The second-order valence-corrected chi connectivity index (χ2v) is 4.15. The van der Waals surface area contributed by atoms with Crippen LogP contribution in [0.4, 0.5) is 0 Å². The number of rotatable bonds is 3. The van der Waals surface area contributed by atoms with Crippen LogP contribution < -0.4 is 5.56 Å². The molecule has 0 unspecified atom stereocenters. The van der Waals surface area contributed by atoms with Gasteiger partial charge in [0.15, 0.2) is 0 Å². The summed E-state index contributed by atoms with van der Waals surface area (Å²) in [5, 5.41) is 0.